The molecule has 0 aliphatic rings. The molecule has 0 heterocycles. The lowest BCUT2D eigenvalue weighted by Crippen LogP contribution is -2.13. The molecular formula is C14H11Br2NO2. The first kappa shape index (κ1) is 14.1. The number of nitrogens with one attached hydrogen (secondary N) is 1. The predicted octanol–water partition coefficient (Wildman–Crippen LogP) is 4.47. The largest absolute Gasteiger partial charge is 0.495 e. The molecule has 0 atom stereocenters. The Morgan fingerprint density at radius 3 is 2.58 bits per heavy atom. The number of methoxy groups -OCH3 is 1. The van der Waals surface area contributed by atoms with Crippen molar-refractivity contribution in [1.82, 2.24) is 0 Å². The molecule has 0 fully saturated rings. The van der Waals surface area contributed by atoms with Gasteiger partial charge >= 0.3 is 0 Å². The number of halogens is 2. The number of anilines is 1. The summed E-state index contributed by atoms with van der Waals surface area (Å²) in [5.41, 5.74) is 1.20. The van der Waals surface area contributed by atoms with Crippen molar-refractivity contribution >= 4 is 43.5 Å². The van der Waals surface area contributed by atoms with Crippen molar-refractivity contribution in [2.24, 2.45) is 0 Å². The van der Waals surface area contributed by atoms with Crippen LogP contribution in [0.1, 0.15) is 10.4 Å². The second-order valence-corrected chi connectivity index (χ2v) is 5.55. The monoisotopic (exact) mass is 383 g/mol. The zero-order valence-electron chi connectivity index (χ0n) is 10.1. The Labute approximate surface area is 128 Å². The number of carbonyl (C=O) groups is 1. The van der Waals surface area contributed by atoms with Gasteiger partial charge in [0.2, 0.25) is 0 Å². The Kier molecular flexibility index (Phi) is 4.61. The van der Waals surface area contributed by atoms with Gasteiger partial charge in [-0.25, -0.2) is 0 Å². The summed E-state index contributed by atoms with van der Waals surface area (Å²) in [7, 11) is 1.57. The maximum absolute atomic E-state index is 12.2. The summed E-state index contributed by atoms with van der Waals surface area (Å²) >= 11 is 6.73. The Balaban J connectivity index is 2.29. The zero-order chi connectivity index (χ0) is 13.8. The molecular weight excluding hydrogens is 374 g/mol. The third kappa shape index (κ3) is 3.36. The Morgan fingerprint density at radius 2 is 1.89 bits per heavy atom. The summed E-state index contributed by atoms with van der Waals surface area (Å²) in [6.45, 7) is 0. The fraction of sp³-hybridized carbons (Fsp3) is 0.0714. The summed E-state index contributed by atoms with van der Waals surface area (Å²) < 4.78 is 6.84. The topological polar surface area (TPSA) is 38.3 Å². The van der Waals surface area contributed by atoms with Crippen LogP contribution in [0.2, 0.25) is 0 Å². The maximum atomic E-state index is 12.2. The highest BCUT2D eigenvalue weighted by Gasteiger charge is 2.12. The first-order valence-electron chi connectivity index (χ1n) is 5.51. The first-order valence-corrected chi connectivity index (χ1v) is 7.10. The molecule has 2 rings (SSSR count). The standard InChI is InChI=1S/C14H11Br2NO2/c1-19-13-7-6-9(15)8-12(13)17-14(18)10-4-2-3-5-11(10)16/h2-8H,1H3,(H,17,18). The number of ether oxygens (including phenoxy) is 1. The number of rotatable bonds is 3. The second kappa shape index (κ2) is 6.21. The summed E-state index contributed by atoms with van der Waals surface area (Å²) in [6, 6.07) is 12.7. The minimum Gasteiger partial charge on any atom is -0.495 e. The van der Waals surface area contributed by atoms with Crippen LogP contribution >= 0.6 is 31.9 Å². The zero-order valence-corrected chi connectivity index (χ0v) is 13.3. The van der Waals surface area contributed by atoms with E-state index in [1.54, 1.807) is 25.3 Å². The van der Waals surface area contributed by atoms with Gasteiger partial charge in [0.1, 0.15) is 5.75 Å². The van der Waals surface area contributed by atoms with Gasteiger partial charge in [0.05, 0.1) is 18.4 Å². The van der Waals surface area contributed by atoms with E-state index in [1.165, 1.54) is 0 Å². The molecule has 0 aliphatic heterocycles. The van der Waals surface area contributed by atoms with E-state index in [1.807, 2.05) is 24.3 Å². The van der Waals surface area contributed by atoms with Crippen LogP contribution in [0.25, 0.3) is 0 Å². The van der Waals surface area contributed by atoms with Crippen molar-refractivity contribution in [2.75, 3.05) is 12.4 Å². The van der Waals surface area contributed by atoms with E-state index < -0.39 is 0 Å². The van der Waals surface area contributed by atoms with Crippen LogP contribution in [0.4, 0.5) is 5.69 Å². The van der Waals surface area contributed by atoms with E-state index in [9.17, 15) is 4.79 Å². The molecule has 0 bridgehead atoms. The van der Waals surface area contributed by atoms with Gasteiger partial charge in [-0.05, 0) is 46.3 Å². The summed E-state index contributed by atoms with van der Waals surface area (Å²) in [6.07, 6.45) is 0. The fourth-order valence-corrected chi connectivity index (χ4v) is 2.44. The molecule has 0 saturated heterocycles. The highest BCUT2D eigenvalue weighted by molar-refractivity contribution is 9.10. The number of hydrogen-bond donors (Lipinski definition) is 1. The van der Waals surface area contributed by atoms with Crippen LogP contribution in [0, 0.1) is 0 Å². The van der Waals surface area contributed by atoms with Crippen molar-refractivity contribution < 1.29 is 9.53 Å². The van der Waals surface area contributed by atoms with Crippen LogP contribution in [-0.2, 0) is 0 Å². The number of benzene rings is 2. The molecule has 2 aromatic rings. The van der Waals surface area contributed by atoms with Crippen LogP contribution in [0.3, 0.4) is 0 Å². The van der Waals surface area contributed by atoms with Crippen molar-refractivity contribution in [3.05, 3.63) is 57.0 Å². The molecule has 98 valence electrons. The first-order chi connectivity index (χ1) is 9.11. The molecule has 0 unspecified atom stereocenters. The minimum atomic E-state index is -0.191. The highest BCUT2D eigenvalue weighted by Crippen LogP contribution is 2.29. The molecule has 3 nitrogen and oxygen atoms in total. The van der Waals surface area contributed by atoms with Gasteiger partial charge in [-0.1, -0.05) is 28.1 Å². The van der Waals surface area contributed by atoms with Gasteiger partial charge in [0, 0.05) is 8.95 Å². The number of carbonyl (C=O) groups excluding carboxylic acids is 1. The van der Waals surface area contributed by atoms with E-state index in [0.29, 0.717) is 17.0 Å². The molecule has 0 aromatic heterocycles. The van der Waals surface area contributed by atoms with Crippen molar-refractivity contribution in [1.29, 1.82) is 0 Å². The van der Waals surface area contributed by atoms with Gasteiger partial charge in [-0.3, -0.25) is 4.79 Å². The predicted molar refractivity (Wildman–Crippen MR) is 82.8 cm³/mol. The molecule has 5 heteroatoms. The molecule has 0 radical (unpaired) electrons. The smallest absolute Gasteiger partial charge is 0.256 e. The van der Waals surface area contributed by atoms with Crippen molar-refractivity contribution in [3.63, 3.8) is 0 Å². The maximum Gasteiger partial charge on any atom is 0.256 e. The lowest BCUT2D eigenvalue weighted by molar-refractivity contribution is 0.102. The van der Waals surface area contributed by atoms with Gasteiger partial charge in [0.15, 0.2) is 0 Å². The van der Waals surface area contributed by atoms with Crippen LogP contribution in [-0.4, -0.2) is 13.0 Å². The van der Waals surface area contributed by atoms with Gasteiger partial charge < -0.3 is 10.1 Å². The Bertz CT molecular complexity index is 614. The molecule has 1 N–H and O–H groups in total. The second-order valence-electron chi connectivity index (χ2n) is 3.78. The Morgan fingerprint density at radius 1 is 1.16 bits per heavy atom. The van der Waals surface area contributed by atoms with Gasteiger partial charge in [0.25, 0.3) is 5.91 Å². The summed E-state index contributed by atoms with van der Waals surface area (Å²) in [5, 5.41) is 2.84. The van der Waals surface area contributed by atoms with Gasteiger partial charge in [-0.2, -0.15) is 0 Å². The molecule has 2 aromatic carbocycles. The van der Waals surface area contributed by atoms with Crippen LogP contribution in [0.15, 0.2) is 51.4 Å². The normalized spacial score (nSPS) is 10.1. The number of amides is 1. The van der Waals surface area contributed by atoms with Crippen molar-refractivity contribution in [3.8, 4) is 5.75 Å². The van der Waals surface area contributed by atoms with Crippen LogP contribution < -0.4 is 10.1 Å². The van der Waals surface area contributed by atoms with E-state index in [2.05, 4.69) is 37.2 Å². The van der Waals surface area contributed by atoms with Gasteiger partial charge in [-0.15, -0.1) is 0 Å². The Hall–Kier alpha value is -1.33. The lowest BCUT2D eigenvalue weighted by Gasteiger charge is -2.11. The average Bonchev–Trinajstić information content (AvgIpc) is 2.39. The molecule has 19 heavy (non-hydrogen) atoms. The highest BCUT2D eigenvalue weighted by atomic mass is 79.9. The van der Waals surface area contributed by atoms with Crippen LogP contribution in [0.5, 0.6) is 5.75 Å². The molecule has 0 saturated carbocycles. The SMILES string of the molecule is COc1ccc(Br)cc1NC(=O)c1ccccc1Br. The fourth-order valence-electron chi connectivity index (χ4n) is 1.61. The third-order valence-corrected chi connectivity index (χ3v) is 3.71. The number of hydrogen-bond acceptors (Lipinski definition) is 2. The quantitative estimate of drug-likeness (QED) is 0.847. The lowest BCUT2D eigenvalue weighted by atomic mass is 10.2. The van der Waals surface area contributed by atoms with E-state index in [4.69, 9.17) is 4.74 Å². The minimum absolute atomic E-state index is 0.191. The molecule has 1 amide bonds. The van der Waals surface area contributed by atoms with E-state index in [-0.39, 0.29) is 5.91 Å². The summed E-state index contributed by atoms with van der Waals surface area (Å²) in [4.78, 5) is 12.2. The molecule has 0 spiro atoms. The molecule has 0 aliphatic carbocycles. The van der Waals surface area contributed by atoms with Crippen molar-refractivity contribution in [2.45, 2.75) is 0 Å². The third-order valence-electron chi connectivity index (χ3n) is 2.53. The average molecular weight is 385 g/mol. The van der Waals surface area contributed by atoms with E-state index in [0.717, 1.165) is 8.95 Å². The van der Waals surface area contributed by atoms with E-state index >= 15 is 0 Å². The summed E-state index contributed by atoms with van der Waals surface area (Å²) in [5.74, 6) is 0.424.